The Hall–Kier alpha value is -4.78. The average molecular weight is 491 g/mol. The number of pyridine rings is 1. The SMILES string of the molecule is Cc1cc(C)cc(NC(=O)COC(=O)c2cc(-c3ccccc3)nc3c2c(C)nn3-c2ccccc2)c1. The summed E-state index contributed by atoms with van der Waals surface area (Å²) in [6.07, 6.45) is 0. The summed E-state index contributed by atoms with van der Waals surface area (Å²) in [4.78, 5) is 30.8. The van der Waals surface area contributed by atoms with Crippen LogP contribution in [0.2, 0.25) is 0 Å². The first-order chi connectivity index (χ1) is 17.9. The van der Waals surface area contributed by atoms with Gasteiger partial charge in [0.1, 0.15) is 0 Å². The quantitative estimate of drug-likeness (QED) is 0.304. The van der Waals surface area contributed by atoms with Crippen molar-refractivity contribution in [2.24, 2.45) is 0 Å². The topological polar surface area (TPSA) is 86.1 Å². The van der Waals surface area contributed by atoms with Gasteiger partial charge in [0.2, 0.25) is 0 Å². The van der Waals surface area contributed by atoms with E-state index in [1.165, 1.54) is 0 Å². The minimum atomic E-state index is -0.615. The molecule has 0 aliphatic rings. The van der Waals surface area contributed by atoms with E-state index in [-0.39, 0.29) is 0 Å². The zero-order valence-electron chi connectivity index (χ0n) is 20.9. The number of carbonyl (C=O) groups is 2. The smallest absolute Gasteiger partial charge is 0.339 e. The van der Waals surface area contributed by atoms with Crippen LogP contribution in [0.3, 0.4) is 0 Å². The maximum absolute atomic E-state index is 13.3. The highest BCUT2D eigenvalue weighted by Gasteiger charge is 2.22. The summed E-state index contributed by atoms with van der Waals surface area (Å²) in [5.74, 6) is -1.03. The van der Waals surface area contributed by atoms with E-state index in [0.717, 1.165) is 22.4 Å². The number of hydrogen-bond donors (Lipinski definition) is 1. The van der Waals surface area contributed by atoms with Gasteiger partial charge in [-0.2, -0.15) is 5.10 Å². The Morgan fingerprint density at radius 2 is 1.51 bits per heavy atom. The van der Waals surface area contributed by atoms with Crippen LogP contribution in [-0.4, -0.2) is 33.2 Å². The average Bonchev–Trinajstić information content (AvgIpc) is 3.23. The molecule has 1 amide bonds. The van der Waals surface area contributed by atoms with E-state index in [4.69, 9.17) is 9.72 Å². The molecule has 0 aliphatic carbocycles. The number of aromatic nitrogens is 3. The lowest BCUT2D eigenvalue weighted by Gasteiger charge is -2.11. The van der Waals surface area contributed by atoms with Crippen LogP contribution in [-0.2, 0) is 9.53 Å². The Morgan fingerprint density at radius 3 is 2.19 bits per heavy atom. The molecule has 0 radical (unpaired) electrons. The highest BCUT2D eigenvalue weighted by molar-refractivity contribution is 6.06. The summed E-state index contributed by atoms with van der Waals surface area (Å²) in [5, 5.41) is 8.06. The van der Waals surface area contributed by atoms with Crippen molar-refractivity contribution < 1.29 is 14.3 Å². The van der Waals surface area contributed by atoms with E-state index >= 15 is 0 Å². The van der Waals surface area contributed by atoms with Crippen molar-refractivity contribution in [3.63, 3.8) is 0 Å². The lowest BCUT2D eigenvalue weighted by atomic mass is 10.1. The number of nitrogens with one attached hydrogen (secondary N) is 1. The molecular formula is C30H26N4O3. The second kappa shape index (κ2) is 10.1. The molecule has 5 aromatic rings. The second-order valence-electron chi connectivity index (χ2n) is 8.95. The van der Waals surface area contributed by atoms with Gasteiger partial charge >= 0.3 is 5.97 Å². The first kappa shape index (κ1) is 23.9. The molecule has 1 N–H and O–H groups in total. The normalized spacial score (nSPS) is 10.9. The van der Waals surface area contributed by atoms with E-state index in [1.54, 1.807) is 10.7 Å². The minimum Gasteiger partial charge on any atom is -0.452 e. The zero-order valence-corrected chi connectivity index (χ0v) is 20.9. The second-order valence-corrected chi connectivity index (χ2v) is 8.95. The first-order valence-corrected chi connectivity index (χ1v) is 12.0. The number of benzene rings is 3. The Morgan fingerprint density at radius 1 is 0.865 bits per heavy atom. The van der Waals surface area contributed by atoms with Gasteiger partial charge in [-0.05, 0) is 62.2 Å². The summed E-state index contributed by atoms with van der Waals surface area (Å²) in [5.41, 5.74) is 6.50. The molecule has 0 unspecified atom stereocenters. The molecule has 2 heterocycles. The summed E-state index contributed by atoms with van der Waals surface area (Å²) < 4.78 is 7.20. The van der Waals surface area contributed by atoms with E-state index < -0.39 is 18.5 Å². The maximum atomic E-state index is 13.3. The van der Waals surface area contributed by atoms with Crippen LogP contribution in [0, 0.1) is 20.8 Å². The van der Waals surface area contributed by atoms with Crippen molar-refractivity contribution in [2.45, 2.75) is 20.8 Å². The molecule has 0 spiro atoms. The van der Waals surface area contributed by atoms with Gasteiger partial charge in [0.25, 0.3) is 5.91 Å². The predicted octanol–water partition coefficient (Wildman–Crippen LogP) is 5.81. The van der Waals surface area contributed by atoms with Crippen LogP contribution >= 0.6 is 0 Å². The predicted molar refractivity (Wildman–Crippen MR) is 144 cm³/mol. The van der Waals surface area contributed by atoms with Crippen LogP contribution in [0.5, 0.6) is 0 Å². The minimum absolute atomic E-state index is 0.308. The van der Waals surface area contributed by atoms with Gasteiger partial charge in [0.05, 0.1) is 28.0 Å². The fourth-order valence-electron chi connectivity index (χ4n) is 4.41. The maximum Gasteiger partial charge on any atom is 0.339 e. The Kier molecular flexibility index (Phi) is 6.51. The summed E-state index contributed by atoms with van der Waals surface area (Å²) >= 11 is 0. The van der Waals surface area contributed by atoms with E-state index in [9.17, 15) is 9.59 Å². The standard InChI is InChI=1S/C30H26N4O3/c1-19-14-20(2)16-23(15-19)31-27(35)18-37-30(36)25-17-26(22-10-6-4-7-11-22)32-29-28(25)21(3)33-34(29)24-12-8-5-9-13-24/h4-17H,18H2,1-3H3,(H,31,35). The fourth-order valence-corrected chi connectivity index (χ4v) is 4.41. The van der Waals surface area contributed by atoms with Crippen molar-refractivity contribution in [2.75, 3.05) is 11.9 Å². The molecule has 7 heteroatoms. The van der Waals surface area contributed by atoms with Gasteiger partial charge in [-0.25, -0.2) is 14.5 Å². The molecule has 3 aromatic carbocycles. The first-order valence-electron chi connectivity index (χ1n) is 12.0. The lowest BCUT2D eigenvalue weighted by Crippen LogP contribution is -2.21. The number of aryl methyl sites for hydroxylation is 3. The third kappa shape index (κ3) is 5.11. The largest absolute Gasteiger partial charge is 0.452 e. The van der Waals surface area contributed by atoms with E-state index in [0.29, 0.717) is 33.7 Å². The number of para-hydroxylation sites is 1. The number of nitrogens with zero attached hydrogens (tertiary/aromatic N) is 3. The van der Waals surface area contributed by atoms with Crippen LogP contribution in [0.4, 0.5) is 5.69 Å². The molecule has 7 nitrogen and oxygen atoms in total. The molecule has 37 heavy (non-hydrogen) atoms. The summed E-state index contributed by atoms with van der Waals surface area (Å²) in [6.45, 7) is 5.33. The number of anilines is 1. The molecule has 0 saturated heterocycles. The Balaban J connectivity index is 1.49. The van der Waals surface area contributed by atoms with Crippen molar-refractivity contribution in [3.05, 3.63) is 107 Å². The number of ether oxygens (including phenoxy) is 1. The molecule has 0 bridgehead atoms. The highest BCUT2D eigenvalue weighted by Crippen LogP contribution is 2.29. The molecule has 0 fully saturated rings. The van der Waals surface area contributed by atoms with Gasteiger partial charge < -0.3 is 10.1 Å². The van der Waals surface area contributed by atoms with Gasteiger partial charge in [-0.1, -0.05) is 54.6 Å². The van der Waals surface area contributed by atoms with Gasteiger partial charge in [-0.15, -0.1) is 0 Å². The third-order valence-electron chi connectivity index (χ3n) is 5.94. The molecular weight excluding hydrogens is 464 g/mol. The molecule has 0 atom stereocenters. The van der Waals surface area contributed by atoms with Crippen LogP contribution in [0.15, 0.2) is 84.9 Å². The number of fused-ring (bicyclic) bond motifs is 1. The molecule has 5 rings (SSSR count). The third-order valence-corrected chi connectivity index (χ3v) is 5.94. The molecule has 0 saturated carbocycles. The number of hydrogen-bond acceptors (Lipinski definition) is 5. The number of amides is 1. The van der Waals surface area contributed by atoms with Crippen molar-refractivity contribution in [3.8, 4) is 16.9 Å². The molecule has 0 aliphatic heterocycles. The van der Waals surface area contributed by atoms with Crippen molar-refractivity contribution in [1.82, 2.24) is 14.8 Å². The summed E-state index contributed by atoms with van der Waals surface area (Å²) in [6, 6.07) is 26.7. The number of esters is 1. The van der Waals surface area contributed by atoms with Gasteiger partial charge in [0, 0.05) is 11.3 Å². The zero-order chi connectivity index (χ0) is 25.9. The highest BCUT2D eigenvalue weighted by atomic mass is 16.5. The van der Waals surface area contributed by atoms with Crippen LogP contribution < -0.4 is 5.32 Å². The van der Waals surface area contributed by atoms with Gasteiger partial charge in [0.15, 0.2) is 12.3 Å². The van der Waals surface area contributed by atoms with Gasteiger partial charge in [-0.3, -0.25) is 4.79 Å². The number of rotatable bonds is 6. The Bertz CT molecular complexity index is 1590. The van der Waals surface area contributed by atoms with Crippen molar-refractivity contribution in [1.29, 1.82) is 0 Å². The van der Waals surface area contributed by atoms with E-state index in [2.05, 4.69) is 10.4 Å². The van der Waals surface area contributed by atoms with Crippen LogP contribution in [0.25, 0.3) is 28.0 Å². The van der Waals surface area contributed by atoms with Crippen LogP contribution in [0.1, 0.15) is 27.2 Å². The summed E-state index contributed by atoms with van der Waals surface area (Å²) in [7, 11) is 0. The molecule has 184 valence electrons. The monoisotopic (exact) mass is 490 g/mol. The van der Waals surface area contributed by atoms with Crippen molar-refractivity contribution >= 4 is 28.6 Å². The number of carbonyl (C=O) groups excluding carboxylic acids is 2. The molecule has 2 aromatic heterocycles. The Labute approximate surface area is 214 Å². The lowest BCUT2D eigenvalue weighted by molar-refractivity contribution is -0.119. The van der Waals surface area contributed by atoms with E-state index in [1.807, 2.05) is 99.6 Å². The fraction of sp³-hybridized carbons (Fsp3) is 0.133.